The summed E-state index contributed by atoms with van der Waals surface area (Å²) in [5.74, 6) is -2.90. The lowest BCUT2D eigenvalue weighted by Crippen LogP contribution is -2.56. The number of rotatable bonds is 16. The van der Waals surface area contributed by atoms with Crippen LogP contribution < -0.4 is 33.0 Å². The molecule has 4 amide bonds. The number of aryl methyl sites for hydroxylation is 1. The SMILES string of the molecule is Cc1c(C(=O)[C@H](CCC(N)=O)NC(=O)[C@H](CC(C)C)NC(=O)[C@H](CC(C)C)NC(=O)OCc2ccccc2)c(=O)oc2cc(N)ccc12. The molecule has 0 aliphatic heterocycles. The standard InChI is InChI=1S/C35H45N5O8/c1-19(2)15-26(39-33(44)27(16-20(3)4)40-35(46)47-18-22-9-7-6-8-10-22)32(43)38-25(13-14-29(37)41)31(42)30-21(5)24-12-11-23(36)17-28(24)48-34(30)45/h6-12,17,19-20,25-27H,13-16,18,36H2,1-5H3,(H2,37,41)(H,38,43)(H,39,44)(H,40,46)/t25-,26-,27-/m0/s1. The van der Waals surface area contributed by atoms with E-state index in [1.807, 2.05) is 45.9 Å². The molecule has 7 N–H and O–H groups in total. The van der Waals surface area contributed by atoms with Crippen LogP contribution in [-0.4, -0.2) is 47.7 Å². The molecule has 0 saturated carbocycles. The lowest BCUT2D eigenvalue weighted by atomic mass is 9.95. The molecule has 0 spiro atoms. The predicted octanol–water partition coefficient (Wildman–Crippen LogP) is 3.49. The summed E-state index contributed by atoms with van der Waals surface area (Å²) in [6.45, 7) is 9.04. The average Bonchev–Trinajstić information content (AvgIpc) is 3.00. The topological polar surface area (TPSA) is 213 Å². The minimum absolute atomic E-state index is 0.00307. The number of ether oxygens (including phenoxy) is 1. The van der Waals surface area contributed by atoms with Crippen molar-refractivity contribution in [3.63, 3.8) is 0 Å². The normalized spacial score (nSPS) is 13.1. The fraction of sp³-hybridized carbons (Fsp3) is 0.429. The third kappa shape index (κ3) is 10.7. The number of nitrogens with one attached hydrogen (secondary N) is 3. The molecule has 1 aromatic heterocycles. The van der Waals surface area contributed by atoms with Crippen molar-refractivity contribution >= 4 is 46.3 Å². The van der Waals surface area contributed by atoms with Gasteiger partial charge in [-0.1, -0.05) is 58.0 Å². The molecule has 0 fully saturated rings. The van der Waals surface area contributed by atoms with Gasteiger partial charge in [0.25, 0.3) is 0 Å². The second kappa shape index (κ2) is 17.1. The number of hydrogen-bond acceptors (Lipinski definition) is 9. The molecular formula is C35H45N5O8. The van der Waals surface area contributed by atoms with Gasteiger partial charge < -0.3 is 36.6 Å². The van der Waals surface area contributed by atoms with E-state index in [2.05, 4.69) is 16.0 Å². The molecule has 13 nitrogen and oxygen atoms in total. The lowest BCUT2D eigenvalue weighted by Gasteiger charge is -2.26. The zero-order chi connectivity index (χ0) is 35.5. The van der Waals surface area contributed by atoms with E-state index < -0.39 is 53.3 Å². The Kier molecular flexibility index (Phi) is 13.3. The Hall–Kier alpha value is -5.20. The number of anilines is 1. The summed E-state index contributed by atoms with van der Waals surface area (Å²) in [7, 11) is 0. The van der Waals surface area contributed by atoms with Crippen molar-refractivity contribution in [1.29, 1.82) is 0 Å². The van der Waals surface area contributed by atoms with Crippen LogP contribution in [0.5, 0.6) is 0 Å². The van der Waals surface area contributed by atoms with Gasteiger partial charge in [0.2, 0.25) is 17.7 Å². The number of fused-ring (bicyclic) bond motifs is 1. The highest BCUT2D eigenvalue weighted by atomic mass is 16.5. The number of nitrogen functional groups attached to an aromatic ring is 1. The molecular weight excluding hydrogens is 618 g/mol. The molecule has 3 rings (SSSR count). The molecule has 48 heavy (non-hydrogen) atoms. The summed E-state index contributed by atoms with van der Waals surface area (Å²) in [5.41, 5.74) is 11.6. The molecule has 3 atom stereocenters. The zero-order valence-electron chi connectivity index (χ0n) is 28.0. The van der Waals surface area contributed by atoms with Crippen LogP contribution >= 0.6 is 0 Å². The van der Waals surface area contributed by atoms with Crippen LogP contribution in [-0.2, 0) is 25.7 Å². The number of Topliss-reactive ketones (excluding diaryl/α,β-unsaturated/α-hetero) is 1. The fourth-order valence-electron chi connectivity index (χ4n) is 5.24. The number of carbonyl (C=O) groups is 5. The molecule has 0 aliphatic rings. The summed E-state index contributed by atoms with van der Waals surface area (Å²) in [6, 6.07) is 10.2. The summed E-state index contributed by atoms with van der Waals surface area (Å²) in [5, 5.41) is 8.42. The van der Waals surface area contributed by atoms with Crippen molar-refractivity contribution in [3.05, 3.63) is 75.6 Å². The van der Waals surface area contributed by atoms with Crippen LogP contribution in [0, 0.1) is 18.8 Å². The number of ketones is 1. The van der Waals surface area contributed by atoms with E-state index in [4.69, 9.17) is 20.6 Å². The number of primary amides is 1. The second-order valence-electron chi connectivity index (χ2n) is 12.7. The Labute approximate surface area is 279 Å². The van der Waals surface area contributed by atoms with Crippen molar-refractivity contribution in [3.8, 4) is 0 Å². The minimum Gasteiger partial charge on any atom is -0.445 e. The van der Waals surface area contributed by atoms with Crippen LogP contribution in [0.3, 0.4) is 0 Å². The molecule has 1 heterocycles. The van der Waals surface area contributed by atoms with Crippen molar-refractivity contribution in [1.82, 2.24) is 16.0 Å². The summed E-state index contributed by atoms with van der Waals surface area (Å²) in [6.07, 6.45) is -0.831. The van der Waals surface area contributed by atoms with Crippen LogP contribution in [0.25, 0.3) is 11.0 Å². The number of amides is 4. The molecule has 0 saturated heterocycles. The van der Waals surface area contributed by atoms with Gasteiger partial charge in [0, 0.05) is 23.6 Å². The quantitative estimate of drug-likeness (QED) is 0.0861. The summed E-state index contributed by atoms with van der Waals surface area (Å²) >= 11 is 0. The molecule has 258 valence electrons. The third-order valence-corrected chi connectivity index (χ3v) is 7.62. The van der Waals surface area contributed by atoms with E-state index in [9.17, 15) is 28.8 Å². The maximum atomic E-state index is 13.8. The number of hydrogen-bond donors (Lipinski definition) is 5. The van der Waals surface area contributed by atoms with Gasteiger partial charge >= 0.3 is 11.7 Å². The Balaban J connectivity index is 1.83. The first-order valence-electron chi connectivity index (χ1n) is 15.9. The lowest BCUT2D eigenvalue weighted by molar-refractivity contribution is -0.130. The highest BCUT2D eigenvalue weighted by Crippen LogP contribution is 2.23. The second-order valence-corrected chi connectivity index (χ2v) is 12.7. The van der Waals surface area contributed by atoms with Gasteiger partial charge in [-0.3, -0.25) is 19.2 Å². The number of benzene rings is 2. The number of nitrogens with two attached hydrogens (primary N) is 2. The van der Waals surface area contributed by atoms with E-state index in [-0.39, 0.29) is 55.3 Å². The molecule has 2 aromatic carbocycles. The Morgan fingerprint density at radius 2 is 1.42 bits per heavy atom. The van der Waals surface area contributed by atoms with Gasteiger partial charge in [0.15, 0.2) is 5.78 Å². The Morgan fingerprint density at radius 1 is 0.833 bits per heavy atom. The minimum atomic E-state index is -1.35. The molecule has 0 unspecified atom stereocenters. The maximum absolute atomic E-state index is 13.8. The van der Waals surface area contributed by atoms with Gasteiger partial charge in [-0.2, -0.15) is 0 Å². The fourth-order valence-corrected chi connectivity index (χ4v) is 5.24. The first-order valence-corrected chi connectivity index (χ1v) is 15.9. The van der Waals surface area contributed by atoms with E-state index in [0.717, 1.165) is 5.56 Å². The predicted molar refractivity (Wildman–Crippen MR) is 181 cm³/mol. The number of alkyl carbamates (subject to hydrolysis) is 1. The molecule has 0 bridgehead atoms. The van der Waals surface area contributed by atoms with Crippen molar-refractivity contribution < 1.29 is 33.1 Å². The molecule has 0 radical (unpaired) electrons. The number of carbonyl (C=O) groups excluding carboxylic acids is 5. The van der Waals surface area contributed by atoms with Gasteiger partial charge in [-0.15, -0.1) is 0 Å². The first kappa shape index (κ1) is 37.3. The largest absolute Gasteiger partial charge is 0.445 e. The summed E-state index contributed by atoms with van der Waals surface area (Å²) < 4.78 is 10.7. The van der Waals surface area contributed by atoms with Crippen molar-refractivity contribution in [2.24, 2.45) is 17.6 Å². The Bertz CT molecular complexity index is 1690. The summed E-state index contributed by atoms with van der Waals surface area (Å²) in [4.78, 5) is 78.4. The third-order valence-electron chi connectivity index (χ3n) is 7.62. The van der Waals surface area contributed by atoms with E-state index in [1.54, 1.807) is 31.2 Å². The van der Waals surface area contributed by atoms with Gasteiger partial charge in [0.05, 0.1) is 6.04 Å². The monoisotopic (exact) mass is 663 g/mol. The van der Waals surface area contributed by atoms with Crippen LogP contribution in [0.1, 0.15) is 74.9 Å². The zero-order valence-corrected chi connectivity index (χ0v) is 28.0. The molecule has 3 aromatic rings. The van der Waals surface area contributed by atoms with E-state index in [0.29, 0.717) is 16.6 Å². The van der Waals surface area contributed by atoms with Crippen LogP contribution in [0.4, 0.5) is 10.5 Å². The molecule has 0 aliphatic carbocycles. The van der Waals surface area contributed by atoms with Crippen molar-refractivity contribution in [2.75, 3.05) is 5.73 Å². The van der Waals surface area contributed by atoms with Crippen LogP contribution in [0.2, 0.25) is 0 Å². The molecule has 13 heteroatoms. The maximum Gasteiger partial charge on any atom is 0.408 e. The van der Waals surface area contributed by atoms with Crippen molar-refractivity contribution in [2.45, 2.75) is 85.0 Å². The Morgan fingerprint density at radius 3 is 2.00 bits per heavy atom. The van der Waals surface area contributed by atoms with Gasteiger partial charge in [-0.05, 0) is 61.3 Å². The van der Waals surface area contributed by atoms with E-state index >= 15 is 0 Å². The highest BCUT2D eigenvalue weighted by Gasteiger charge is 2.33. The highest BCUT2D eigenvalue weighted by molar-refractivity contribution is 6.06. The smallest absolute Gasteiger partial charge is 0.408 e. The van der Waals surface area contributed by atoms with Crippen LogP contribution in [0.15, 0.2) is 57.7 Å². The average molecular weight is 664 g/mol. The van der Waals surface area contributed by atoms with E-state index in [1.165, 1.54) is 6.07 Å². The van der Waals surface area contributed by atoms with Gasteiger partial charge in [-0.25, -0.2) is 9.59 Å². The van der Waals surface area contributed by atoms with Gasteiger partial charge in [0.1, 0.15) is 29.8 Å². The first-order chi connectivity index (χ1) is 22.7.